The normalized spacial score (nSPS) is 14.5. The van der Waals surface area contributed by atoms with Crippen molar-refractivity contribution < 1.29 is 9.50 Å². The van der Waals surface area contributed by atoms with Crippen molar-refractivity contribution in [2.45, 2.75) is 40.7 Å². The average molecular weight is 267 g/mol. The van der Waals surface area contributed by atoms with E-state index in [9.17, 15) is 9.50 Å². The summed E-state index contributed by atoms with van der Waals surface area (Å²) in [5.74, 6) is -0.216. The third-order valence-electron chi connectivity index (χ3n) is 3.28. The molecule has 2 nitrogen and oxygen atoms in total. The maximum atomic E-state index is 13.0. The Labute approximate surface area is 116 Å². The fourth-order valence-corrected chi connectivity index (χ4v) is 2.01. The molecule has 1 atom stereocenters. The Morgan fingerprint density at radius 3 is 2.05 bits per heavy atom. The van der Waals surface area contributed by atoms with Crippen LogP contribution in [0.5, 0.6) is 0 Å². The largest absolute Gasteiger partial charge is 0.396 e. The van der Waals surface area contributed by atoms with Gasteiger partial charge in [0.15, 0.2) is 0 Å². The number of nitrogens with one attached hydrogen (secondary N) is 1. The summed E-state index contributed by atoms with van der Waals surface area (Å²) in [4.78, 5) is 0. The second-order valence-electron chi connectivity index (χ2n) is 7.05. The van der Waals surface area contributed by atoms with E-state index in [1.165, 1.54) is 12.1 Å². The van der Waals surface area contributed by atoms with Crippen LogP contribution in [-0.4, -0.2) is 18.3 Å². The second-order valence-corrected chi connectivity index (χ2v) is 7.05. The molecular weight excluding hydrogens is 241 g/mol. The Hall–Kier alpha value is -0.930. The molecule has 0 heterocycles. The van der Waals surface area contributed by atoms with Gasteiger partial charge in [-0.1, -0.05) is 46.8 Å². The summed E-state index contributed by atoms with van der Waals surface area (Å²) in [5.41, 5.74) is 0.926. The van der Waals surface area contributed by atoms with Gasteiger partial charge in [-0.15, -0.1) is 0 Å². The summed E-state index contributed by atoms with van der Waals surface area (Å²) in [7, 11) is 0. The SMILES string of the molecule is CC(C)(CO)CNC(c1ccc(F)cc1)C(C)(C)C. The molecule has 1 aromatic carbocycles. The maximum Gasteiger partial charge on any atom is 0.123 e. The average Bonchev–Trinajstić information content (AvgIpc) is 2.30. The van der Waals surface area contributed by atoms with Crippen LogP contribution in [0.3, 0.4) is 0 Å². The lowest BCUT2D eigenvalue weighted by molar-refractivity contribution is 0.141. The highest BCUT2D eigenvalue weighted by Crippen LogP contribution is 2.33. The highest BCUT2D eigenvalue weighted by Gasteiger charge is 2.28. The van der Waals surface area contributed by atoms with Gasteiger partial charge in [0.25, 0.3) is 0 Å². The molecule has 0 bridgehead atoms. The van der Waals surface area contributed by atoms with Crippen LogP contribution >= 0.6 is 0 Å². The van der Waals surface area contributed by atoms with E-state index in [-0.39, 0.29) is 29.3 Å². The Bertz CT molecular complexity index is 392. The van der Waals surface area contributed by atoms with Crippen molar-refractivity contribution in [3.05, 3.63) is 35.6 Å². The van der Waals surface area contributed by atoms with Gasteiger partial charge in [-0.05, 0) is 23.1 Å². The molecule has 1 rings (SSSR count). The lowest BCUT2D eigenvalue weighted by Gasteiger charge is -2.35. The first-order chi connectivity index (χ1) is 8.65. The van der Waals surface area contributed by atoms with E-state index in [1.54, 1.807) is 0 Å². The van der Waals surface area contributed by atoms with E-state index in [0.29, 0.717) is 6.54 Å². The van der Waals surface area contributed by atoms with E-state index in [4.69, 9.17) is 0 Å². The van der Waals surface area contributed by atoms with Gasteiger partial charge in [0.2, 0.25) is 0 Å². The third-order valence-corrected chi connectivity index (χ3v) is 3.28. The molecule has 0 aromatic heterocycles. The molecule has 0 aliphatic rings. The van der Waals surface area contributed by atoms with Crippen molar-refractivity contribution in [2.24, 2.45) is 10.8 Å². The van der Waals surface area contributed by atoms with E-state index in [0.717, 1.165) is 5.56 Å². The fourth-order valence-electron chi connectivity index (χ4n) is 2.01. The predicted octanol–water partition coefficient (Wildman–Crippen LogP) is 3.52. The Morgan fingerprint density at radius 1 is 1.11 bits per heavy atom. The Morgan fingerprint density at radius 2 is 1.63 bits per heavy atom. The van der Waals surface area contributed by atoms with E-state index in [1.807, 2.05) is 26.0 Å². The molecule has 0 aliphatic heterocycles. The summed E-state index contributed by atoms with van der Waals surface area (Å²) < 4.78 is 13.0. The lowest BCUT2D eigenvalue weighted by Crippen LogP contribution is -2.39. The van der Waals surface area contributed by atoms with Gasteiger partial charge < -0.3 is 10.4 Å². The molecule has 0 fully saturated rings. The van der Waals surface area contributed by atoms with Crippen LogP contribution in [0.1, 0.15) is 46.2 Å². The van der Waals surface area contributed by atoms with Crippen LogP contribution < -0.4 is 5.32 Å². The number of halogens is 1. The van der Waals surface area contributed by atoms with Gasteiger partial charge in [0.05, 0.1) is 0 Å². The molecule has 0 spiro atoms. The molecular formula is C16H26FNO. The minimum Gasteiger partial charge on any atom is -0.396 e. The molecule has 0 radical (unpaired) electrons. The molecule has 1 aromatic rings. The molecule has 0 saturated heterocycles. The van der Waals surface area contributed by atoms with Crippen LogP contribution in [0.15, 0.2) is 24.3 Å². The van der Waals surface area contributed by atoms with E-state index in [2.05, 4.69) is 26.1 Å². The molecule has 2 N–H and O–H groups in total. The highest BCUT2D eigenvalue weighted by molar-refractivity contribution is 5.21. The summed E-state index contributed by atoms with van der Waals surface area (Å²) in [6, 6.07) is 6.76. The van der Waals surface area contributed by atoms with Gasteiger partial charge in [-0.25, -0.2) is 4.39 Å². The van der Waals surface area contributed by atoms with Crippen molar-refractivity contribution in [2.75, 3.05) is 13.2 Å². The fraction of sp³-hybridized carbons (Fsp3) is 0.625. The highest BCUT2D eigenvalue weighted by atomic mass is 19.1. The monoisotopic (exact) mass is 267 g/mol. The quantitative estimate of drug-likeness (QED) is 0.855. The van der Waals surface area contributed by atoms with Crippen LogP contribution in [0.2, 0.25) is 0 Å². The summed E-state index contributed by atoms with van der Waals surface area (Å²) in [6.07, 6.45) is 0. The number of hydrogen-bond acceptors (Lipinski definition) is 2. The Kier molecular flexibility index (Phi) is 5.11. The topological polar surface area (TPSA) is 32.3 Å². The van der Waals surface area contributed by atoms with Crippen LogP contribution in [-0.2, 0) is 0 Å². The summed E-state index contributed by atoms with van der Waals surface area (Å²) in [5, 5.41) is 12.8. The Balaban J connectivity index is 2.88. The van der Waals surface area contributed by atoms with Crippen molar-refractivity contribution in [3.63, 3.8) is 0 Å². The minimum atomic E-state index is -0.216. The molecule has 1 unspecified atom stereocenters. The van der Waals surface area contributed by atoms with Gasteiger partial charge >= 0.3 is 0 Å². The zero-order valence-corrected chi connectivity index (χ0v) is 12.6. The molecule has 108 valence electrons. The van der Waals surface area contributed by atoms with Crippen LogP contribution in [0, 0.1) is 16.6 Å². The van der Waals surface area contributed by atoms with E-state index < -0.39 is 0 Å². The first-order valence-corrected chi connectivity index (χ1v) is 6.75. The van der Waals surface area contributed by atoms with Crippen molar-refractivity contribution in [3.8, 4) is 0 Å². The number of benzene rings is 1. The van der Waals surface area contributed by atoms with Gasteiger partial charge in [-0.3, -0.25) is 0 Å². The van der Waals surface area contributed by atoms with Crippen LogP contribution in [0.4, 0.5) is 4.39 Å². The standard InChI is InChI=1S/C16H26FNO/c1-15(2,3)14(18-10-16(4,5)11-19)12-6-8-13(17)9-7-12/h6-9,14,18-19H,10-11H2,1-5H3. The molecule has 0 amide bonds. The maximum absolute atomic E-state index is 13.0. The van der Waals surface area contributed by atoms with Gasteiger partial charge in [0, 0.05) is 24.6 Å². The zero-order valence-electron chi connectivity index (χ0n) is 12.6. The number of hydrogen-bond donors (Lipinski definition) is 2. The van der Waals surface area contributed by atoms with Crippen molar-refractivity contribution in [1.82, 2.24) is 5.32 Å². The molecule has 19 heavy (non-hydrogen) atoms. The zero-order chi connectivity index (χ0) is 14.7. The van der Waals surface area contributed by atoms with Crippen LogP contribution in [0.25, 0.3) is 0 Å². The van der Waals surface area contributed by atoms with E-state index >= 15 is 0 Å². The minimum absolute atomic E-state index is 0.0172. The second kappa shape index (κ2) is 6.02. The first-order valence-electron chi connectivity index (χ1n) is 6.75. The summed E-state index contributed by atoms with van der Waals surface area (Å²) >= 11 is 0. The van der Waals surface area contributed by atoms with Gasteiger partial charge in [-0.2, -0.15) is 0 Å². The third kappa shape index (κ3) is 4.92. The molecule has 0 saturated carbocycles. The predicted molar refractivity (Wildman–Crippen MR) is 77.5 cm³/mol. The lowest BCUT2D eigenvalue weighted by atomic mass is 9.81. The van der Waals surface area contributed by atoms with Crippen molar-refractivity contribution >= 4 is 0 Å². The van der Waals surface area contributed by atoms with Gasteiger partial charge in [0.1, 0.15) is 5.82 Å². The smallest absolute Gasteiger partial charge is 0.123 e. The molecule has 3 heteroatoms. The number of aliphatic hydroxyl groups is 1. The molecule has 0 aliphatic carbocycles. The first kappa shape index (κ1) is 16.1. The number of aliphatic hydroxyl groups excluding tert-OH is 1. The number of rotatable bonds is 5. The van der Waals surface area contributed by atoms with Crippen molar-refractivity contribution in [1.29, 1.82) is 0 Å². The summed E-state index contributed by atoms with van der Waals surface area (Å²) in [6.45, 7) is 11.3.